The number of aromatic nitrogens is 2. The smallest absolute Gasteiger partial charge is 0.335 e. The van der Waals surface area contributed by atoms with Crippen molar-refractivity contribution in [2.75, 3.05) is 13.1 Å². The third kappa shape index (κ3) is 5.28. The molecule has 0 aliphatic carbocycles. The van der Waals surface area contributed by atoms with Crippen LogP contribution < -0.4 is 5.32 Å². The van der Waals surface area contributed by atoms with Crippen LogP contribution in [0.2, 0.25) is 0 Å². The lowest BCUT2D eigenvalue weighted by Gasteiger charge is -2.32. The van der Waals surface area contributed by atoms with Crippen LogP contribution in [0, 0.1) is 6.92 Å². The predicted molar refractivity (Wildman–Crippen MR) is 126 cm³/mol. The Bertz CT molecular complexity index is 1200. The Morgan fingerprint density at radius 2 is 1.74 bits per heavy atom. The van der Waals surface area contributed by atoms with Crippen molar-refractivity contribution >= 4 is 17.8 Å². The van der Waals surface area contributed by atoms with Gasteiger partial charge >= 0.3 is 5.97 Å². The highest BCUT2D eigenvalue weighted by Gasteiger charge is 2.28. The van der Waals surface area contributed by atoms with Crippen molar-refractivity contribution in [2.45, 2.75) is 32.2 Å². The number of likely N-dealkylation sites (tertiary alicyclic amines) is 1. The molecule has 0 atom stereocenters. The lowest BCUT2D eigenvalue weighted by atomic mass is 9.90. The van der Waals surface area contributed by atoms with Crippen LogP contribution in [-0.4, -0.2) is 50.8 Å². The number of hydrogen-bond acceptors (Lipinski definition) is 5. The van der Waals surface area contributed by atoms with Gasteiger partial charge in [0, 0.05) is 37.3 Å². The standard InChI is InChI=1S/C26H26N4O4/c1-17-27-16-22(24(31)28-15-18-6-5-9-21(14-18)26(33)34)23(29-17)19-10-12-30(13-11-19)25(32)20-7-3-2-4-8-20/h2-9,14,16,19H,10-13,15H2,1H3,(H,28,31)(H,33,34). The second-order valence-corrected chi connectivity index (χ2v) is 8.34. The van der Waals surface area contributed by atoms with E-state index in [0.717, 1.165) is 0 Å². The zero-order valence-electron chi connectivity index (χ0n) is 18.9. The van der Waals surface area contributed by atoms with Crippen LogP contribution in [0.5, 0.6) is 0 Å². The van der Waals surface area contributed by atoms with Crippen molar-refractivity contribution < 1.29 is 19.5 Å². The number of carbonyl (C=O) groups excluding carboxylic acids is 2. The molecule has 1 aromatic heterocycles. The summed E-state index contributed by atoms with van der Waals surface area (Å²) in [6.07, 6.45) is 2.95. The number of piperidine rings is 1. The SMILES string of the molecule is Cc1ncc(C(=O)NCc2cccc(C(=O)O)c2)c(C2CCN(C(=O)c3ccccc3)CC2)n1. The van der Waals surface area contributed by atoms with Gasteiger partial charge in [0.15, 0.2) is 0 Å². The van der Waals surface area contributed by atoms with E-state index in [1.54, 1.807) is 25.3 Å². The van der Waals surface area contributed by atoms with Crippen LogP contribution in [0.3, 0.4) is 0 Å². The largest absolute Gasteiger partial charge is 0.478 e. The fourth-order valence-corrected chi connectivity index (χ4v) is 4.18. The predicted octanol–water partition coefficient (Wildman–Crippen LogP) is 3.43. The van der Waals surface area contributed by atoms with Gasteiger partial charge in [-0.2, -0.15) is 0 Å². The highest BCUT2D eigenvalue weighted by atomic mass is 16.4. The summed E-state index contributed by atoms with van der Waals surface area (Å²) in [7, 11) is 0. The number of carboxylic acid groups (broad SMARTS) is 1. The van der Waals surface area contributed by atoms with E-state index in [2.05, 4.69) is 15.3 Å². The van der Waals surface area contributed by atoms with Crippen LogP contribution in [0.15, 0.2) is 60.8 Å². The molecule has 8 heteroatoms. The van der Waals surface area contributed by atoms with Crippen molar-refractivity contribution in [3.8, 4) is 0 Å². The van der Waals surface area contributed by atoms with Gasteiger partial charge in [0.1, 0.15) is 5.82 Å². The number of rotatable bonds is 6. The Hall–Kier alpha value is -4.07. The maximum Gasteiger partial charge on any atom is 0.335 e. The van der Waals surface area contributed by atoms with E-state index in [4.69, 9.17) is 5.11 Å². The number of benzene rings is 2. The minimum absolute atomic E-state index is 0.0134. The van der Waals surface area contributed by atoms with Crippen molar-refractivity contribution in [3.63, 3.8) is 0 Å². The number of hydrogen-bond donors (Lipinski definition) is 2. The fourth-order valence-electron chi connectivity index (χ4n) is 4.18. The van der Waals surface area contributed by atoms with Crippen molar-refractivity contribution in [1.82, 2.24) is 20.2 Å². The van der Waals surface area contributed by atoms with Gasteiger partial charge in [0.25, 0.3) is 11.8 Å². The third-order valence-electron chi connectivity index (χ3n) is 6.00. The molecule has 2 heterocycles. The van der Waals surface area contributed by atoms with E-state index in [0.29, 0.717) is 54.1 Å². The highest BCUT2D eigenvalue weighted by Crippen LogP contribution is 2.29. The lowest BCUT2D eigenvalue weighted by molar-refractivity contribution is 0.0692. The molecular formula is C26H26N4O4. The summed E-state index contributed by atoms with van der Waals surface area (Å²) in [6.45, 7) is 3.16. The summed E-state index contributed by atoms with van der Waals surface area (Å²) in [5.74, 6) is -0.682. The summed E-state index contributed by atoms with van der Waals surface area (Å²) in [5.41, 5.74) is 2.63. The van der Waals surface area contributed by atoms with E-state index >= 15 is 0 Å². The van der Waals surface area contributed by atoms with Gasteiger partial charge in [-0.3, -0.25) is 9.59 Å². The molecule has 2 amide bonds. The molecule has 2 aromatic carbocycles. The molecule has 0 radical (unpaired) electrons. The van der Waals surface area contributed by atoms with Crippen molar-refractivity contribution in [3.05, 3.63) is 94.6 Å². The van der Waals surface area contributed by atoms with Crippen LogP contribution in [0.1, 0.15) is 66.9 Å². The van der Waals surface area contributed by atoms with Crippen molar-refractivity contribution in [2.24, 2.45) is 0 Å². The molecule has 4 rings (SSSR count). The number of nitrogens with zero attached hydrogens (tertiary/aromatic N) is 3. The number of nitrogens with one attached hydrogen (secondary N) is 1. The van der Waals surface area contributed by atoms with E-state index in [1.165, 1.54) is 12.1 Å². The van der Waals surface area contributed by atoms with Gasteiger partial charge in [-0.25, -0.2) is 14.8 Å². The van der Waals surface area contributed by atoms with Gasteiger partial charge < -0.3 is 15.3 Å². The van der Waals surface area contributed by atoms with E-state index in [-0.39, 0.29) is 29.8 Å². The van der Waals surface area contributed by atoms with E-state index < -0.39 is 5.97 Å². The number of amides is 2. The molecule has 0 spiro atoms. The molecule has 1 aliphatic rings. The molecule has 1 aliphatic heterocycles. The van der Waals surface area contributed by atoms with Gasteiger partial charge in [-0.05, 0) is 49.6 Å². The zero-order chi connectivity index (χ0) is 24.1. The Morgan fingerprint density at radius 3 is 2.44 bits per heavy atom. The van der Waals surface area contributed by atoms with Gasteiger partial charge in [0.2, 0.25) is 0 Å². The molecule has 1 fully saturated rings. The Balaban J connectivity index is 1.44. The number of aryl methyl sites for hydroxylation is 1. The van der Waals surface area contributed by atoms with Gasteiger partial charge in [0.05, 0.1) is 16.8 Å². The Kier molecular flexibility index (Phi) is 6.96. The number of aromatic carboxylic acids is 1. The molecule has 174 valence electrons. The second-order valence-electron chi connectivity index (χ2n) is 8.34. The van der Waals surface area contributed by atoms with E-state index in [1.807, 2.05) is 35.2 Å². The summed E-state index contributed by atoms with van der Waals surface area (Å²) in [4.78, 5) is 47.6. The zero-order valence-corrected chi connectivity index (χ0v) is 18.9. The lowest BCUT2D eigenvalue weighted by Crippen LogP contribution is -2.38. The maximum absolute atomic E-state index is 13.0. The van der Waals surface area contributed by atoms with Crippen LogP contribution in [0.4, 0.5) is 0 Å². The molecule has 8 nitrogen and oxygen atoms in total. The minimum Gasteiger partial charge on any atom is -0.478 e. The molecule has 0 saturated carbocycles. The molecular weight excluding hydrogens is 432 g/mol. The van der Waals surface area contributed by atoms with E-state index in [9.17, 15) is 14.4 Å². The average molecular weight is 459 g/mol. The summed E-state index contributed by atoms with van der Waals surface area (Å²) < 4.78 is 0. The Labute approximate surface area is 197 Å². The average Bonchev–Trinajstić information content (AvgIpc) is 2.87. The Morgan fingerprint density at radius 1 is 1.03 bits per heavy atom. The monoisotopic (exact) mass is 458 g/mol. The number of carbonyl (C=O) groups is 3. The highest BCUT2D eigenvalue weighted by molar-refractivity contribution is 5.95. The first kappa shape index (κ1) is 23.1. The van der Waals surface area contributed by atoms with Crippen LogP contribution >= 0.6 is 0 Å². The fraction of sp³-hybridized carbons (Fsp3) is 0.269. The summed E-state index contributed by atoms with van der Waals surface area (Å²) in [6, 6.07) is 15.7. The second kappa shape index (κ2) is 10.2. The van der Waals surface area contributed by atoms with Gasteiger partial charge in [-0.1, -0.05) is 30.3 Å². The normalized spacial score (nSPS) is 14.0. The molecule has 3 aromatic rings. The summed E-state index contributed by atoms with van der Waals surface area (Å²) in [5, 5.41) is 12.0. The van der Waals surface area contributed by atoms with Crippen LogP contribution in [0.25, 0.3) is 0 Å². The molecule has 34 heavy (non-hydrogen) atoms. The third-order valence-corrected chi connectivity index (χ3v) is 6.00. The topological polar surface area (TPSA) is 112 Å². The molecule has 0 unspecified atom stereocenters. The maximum atomic E-state index is 13.0. The van der Waals surface area contributed by atoms with Crippen LogP contribution in [-0.2, 0) is 6.54 Å². The molecule has 2 N–H and O–H groups in total. The van der Waals surface area contributed by atoms with Gasteiger partial charge in [-0.15, -0.1) is 0 Å². The first-order valence-electron chi connectivity index (χ1n) is 11.2. The van der Waals surface area contributed by atoms with Crippen molar-refractivity contribution in [1.29, 1.82) is 0 Å². The molecule has 0 bridgehead atoms. The quantitative estimate of drug-likeness (QED) is 0.585. The first-order chi connectivity index (χ1) is 16.4. The first-order valence-corrected chi connectivity index (χ1v) is 11.2. The minimum atomic E-state index is -1.01. The number of carboxylic acids is 1. The summed E-state index contributed by atoms with van der Waals surface area (Å²) >= 11 is 0. The molecule has 1 saturated heterocycles.